The van der Waals surface area contributed by atoms with Gasteiger partial charge in [-0.1, -0.05) is 0 Å². The molecule has 0 atom stereocenters. The molecule has 5 heteroatoms. The van der Waals surface area contributed by atoms with Crippen LogP contribution in [0.4, 0.5) is 17.6 Å². The summed E-state index contributed by atoms with van der Waals surface area (Å²) in [6.45, 7) is 1.20. The molecule has 0 fully saturated rings. The van der Waals surface area contributed by atoms with Gasteiger partial charge in [-0.15, -0.1) is 0 Å². The minimum Gasteiger partial charge on any atom is -0.222 e. The van der Waals surface area contributed by atoms with Gasteiger partial charge in [0.1, 0.15) is 0 Å². The summed E-state index contributed by atoms with van der Waals surface area (Å²) in [5.41, 5.74) is -0.766. The topological polar surface area (TPSA) is 12.9 Å². The minimum absolute atomic E-state index is 0.191. The molecule has 0 saturated carbocycles. The van der Waals surface area contributed by atoms with E-state index < -0.39 is 23.8 Å². The molecule has 0 radical (unpaired) electrons. The molecule has 0 aromatic carbocycles. The van der Waals surface area contributed by atoms with E-state index in [9.17, 15) is 17.6 Å². The molecule has 1 aromatic heterocycles. The molecule has 0 bridgehead atoms. The second kappa shape index (κ2) is 3.08. The van der Waals surface area contributed by atoms with Crippen molar-refractivity contribution in [3.8, 4) is 0 Å². The zero-order valence-electron chi connectivity index (χ0n) is 6.11. The van der Waals surface area contributed by atoms with E-state index in [1.54, 1.807) is 0 Å². The van der Waals surface area contributed by atoms with Crippen LogP contribution in [-0.4, -0.2) is 4.98 Å². The molecule has 12 heavy (non-hydrogen) atoms. The molecule has 0 unspecified atom stereocenters. The van der Waals surface area contributed by atoms with Crippen molar-refractivity contribution in [1.82, 2.24) is 4.98 Å². The predicted molar refractivity (Wildman–Crippen MR) is 33.8 cm³/mol. The van der Waals surface area contributed by atoms with Crippen molar-refractivity contribution in [2.24, 2.45) is 0 Å². The molecule has 1 nitrogen and oxygen atoms in total. The second-order valence-corrected chi connectivity index (χ2v) is 2.24. The second-order valence-electron chi connectivity index (χ2n) is 2.24. The third kappa shape index (κ3) is 1.54. The highest BCUT2D eigenvalue weighted by atomic mass is 19.3. The monoisotopic (exact) mass is 179 g/mol. The Kier molecular flexibility index (Phi) is 2.30. The van der Waals surface area contributed by atoms with Gasteiger partial charge in [0.2, 0.25) is 5.95 Å². The van der Waals surface area contributed by atoms with E-state index in [0.29, 0.717) is 6.07 Å². The molecule has 0 spiro atoms. The number of hydrogen-bond acceptors (Lipinski definition) is 1. The average molecular weight is 179 g/mol. The van der Waals surface area contributed by atoms with Gasteiger partial charge < -0.3 is 0 Å². The standard InChI is InChI=1S/C7H5F4N/c1-3-4(6(9)10)2-5(8)7(11)12-3/h2,6H,1H3. The van der Waals surface area contributed by atoms with Gasteiger partial charge in [-0.2, -0.15) is 4.39 Å². The first kappa shape index (κ1) is 8.96. The summed E-state index contributed by atoms with van der Waals surface area (Å²) >= 11 is 0. The maximum atomic E-state index is 12.3. The Hall–Kier alpha value is -1.13. The Morgan fingerprint density at radius 2 is 1.92 bits per heavy atom. The van der Waals surface area contributed by atoms with E-state index in [1.165, 1.54) is 6.92 Å². The van der Waals surface area contributed by atoms with Gasteiger partial charge in [0, 0.05) is 11.3 Å². The highest BCUT2D eigenvalue weighted by molar-refractivity contribution is 5.20. The maximum Gasteiger partial charge on any atom is 0.265 e. The third-order valence-electron chi connectivity index (χ3n) is 1.40. The van der Waals surface area contributed by atoms with Crippen LogP contribution in [0, 0.1) is 18.7 Å². The average Bonchev–Trinajstić information content (AvgIpc) is 1.96. The molecule has 0 amide bonds. The van der Waals surface area contributed by atoms with E-state index in [4.69, 9.17) is 0 Å². The number of rotatable bonds is 1. The normalized spacial score (nSPS) is 10.8. The van der Waals surface area contributed by atoms with E-state index in [-0.39, 0.29) is 5.69 Å². The summed E-state index contributed by atoms with van der Waals surface area (Å²) in [4.78, 5) is 2.97. The summed E-state index contributed by atoms with van der Waals surface area (Å²) in [6.07, 6.45) is -2.83. The lowest BCUT2D eigenvalue weighted by atomic mass is 10.2. The zero-order chi connectivity index (χ0) is 9.30. The van der Waals surface area contributed by atoms with Crippen LogP contribution < -0.4 is 0 Å². The molecule has 0 aliphatic heterocycles. The molecule has 66 valence electrons. The molecule has 0 aliphatic rings. The maximum absolute atomic E-state index is 12.3. The fourth-order valence-electron chi connectivity index (χ4n) is 0.787. The van der Waals surface area contributed by atoms with E-state index in [2.05, 4.69) is 4.98 Å². The molecule has 0 saturated heterocycles. The van der Waals surface area contributed by atoms with Crippen LogP contribution in [0.5, 0.6) is 0 Å². The van der Waals surface area contributed by atoms with Crippen LogP contribution in [-0.2, 0) is 0 Å². The van der Waals surface area contributed by atoms with Crippen LogP contribution in [0.25, 0.3) is 0 Å². The first-order chi connectivity index (χ1) is 5.52. The molecule has 0 aliphatic carbocycles. The number of aryl methyl sites for hydroxylation is 1. The first-order valence-corrected chi connectivity index (χ1v) is 3.13. The lowest BCUT2D eigenvalue weighted by Gasteiger charge is -2.03. The summed E-state index contributed by atoms with van der Waals surface area (Å²) in [5, 5.41) is 0. The summed E-state index contributed by atoms with van der Waals surface area (Å²) < 4.78 is 48.7. The van der Waals surface area contributed by atoms with Crippen molar-refractivity contribution in [2.75, 3.05) is 0 Å². The summed E-state index contributed by atoms with van der Waals surface area (Å²) in [5.74, 6) is -2.70. The number of hydrogen-bond donors (Lipinski definition) is 0. The van der Waals surface area contributed by atoms with Crippen molar-refractivity contribution in [3.63, 3.8) is 0 Å². The minimum atomic E-state index is -2.83. The SMILES string of the molecule is Cc1nc(F)c(F)cc1C(F)F. The van der Waals surface area contributed by atoms with Crippen molar-refractivity contribution in [2.45, 2.75) is 13.3 Å². The van der Waals surface area contributed by atoms with Gasteiger partial charge in [0.15, 0.2) is 5.82 Å². The smallest absolute Gasteiger partial charge is 0.222 e. The summed E-state index contributed by atoms with van der Waals surface area (Å²) in [6, 6.07) is 0.461. The highest BCUT2D eigenvalue weighted by Crippen LogP contribution is 2.22. The van der Waals surface area contributed by atoms with Crippen molar-refractivity contribution < 1.29 is 17.6 Å². The largest absolute Gasteiger partial charge is 0.265 e. The first-order valence-electron chi connectivity index (χ1n) is 3.13. The Morgan fingerprint density at radius 3 is 2.42 bits per heavy atom. The molecule has 1 heterocycles. The predicted octanol–water partition coefficient (Wildman–Crippen LogP) is 2.61. The Balaban J connectivity index is 3.23. The fourth-order valence-corrected chi connectivity index (χ4v) is 0.787. The number of alkyl halides is 2. The van der Waals surface area contributed by atoms with Gasteiger partial charge in [-0.25, -0.2) is 18.2 Å². The summed E-state index contributed by atoms with van der Waals surface area (Å²) in [7, 11) is 0. The van der Waals surface area contributed by atoms with Crippen LogP contribution in [0.3, 0.4) is 0 Å². The van der Waals surface area contributed by atoms with Crippen LogP contribution in [0.2, 0.25) is 0 Å². The Bertz CT molecular complexity index is 298. The number of aromatic nitrogens is 1. The van der Waals surface area contributed by atoms with E-state index in [0.717, 1.165) is 0 Å². The number of halogens is 4. The molecular weight excluding hydrogens is 174 g/mol. The Morgan fingerprint density at radius 1 is 1.33 bits per heavy atom. The molecular formula is C7H5F4N. The van der Waals surface area contributed by atoms with Gasteiger partial charge >= 0.3 is 0 Å². The van der Waals surface area contributed by atoms with Crippen molar-refractivity contribution in [3.05, 3.63) is 29.1 Å². The van der Waals surface area contributed by atoms with Crippen LogP contribution in [0.1, 0.15) is 17.7 Å². The van der Waals surface area contributed by atoms with Crippen molar-refractivity contribution in [1.29, 1.82) is 0 Å². The molecule has 1 aromatic rings. The number of pyridine rings is 1. The fraction of sp³-hybridized carbons (Fsp3) is 0.286. The lowest BCUT2D eigenvalue weighted by Crippen LogP contribution is -1.99. The van der Waals surface area contributed by atoms with E-state index in [1.807, 2.05) is 0 Å². The number of nitrogens with zero attached hydrogens (tertiary/aromatic N) is 1. The van der Waals surface area contributed by atoms with Crippen LogP contribution in [0.15, 0.2) is 6.07 Å². The van der Waals surface area contributed by atoms with Gasteiger partial charge in [-0.05, 0) is 13.0 Å². The van der Waals surface area contributed by atoms with Gasteiger partial charge in [0.05, 0.1) is 0 Å². The Labute approximate surface area is 66.0 Å². The van der Waals surface area contributed by atoms with Crippen LogP contribution >= 0.6 is 0 Å². The zero-order valence-corrected chi connectivity index (χ0v) is 6.11. The van der Waals surface area contributed by atoms with Crippen molar-refractivity contribution >= 4 is 0 Å². The van der Waals surface area contributed by atoms with Gasteiger partial charge in [0.25, 0.3) is 6.43 Å². The highest BCUT2D eigenvalue weighted by Gasteiger charge is 2.15. The quantitative estimate of drug-likeness (QED) is 0.477. The van der Waals surface area contributed by atoms with Gasteiger partial charge in [-0.3, -0.25) is 0 Å². The third-order valence-corrected chi connectivity index (χ3v) is 1.40. The lowest BCUT2D eigenvalue weighted by molar-refractivity contribution is 0.149. The molecule has 0 N–H and O–H groups in total. The molecule has 1 rings (SSSR count). The van der Waals surface area contributed by atoms with E-state index >= 15 is 0 Å².